The molecule has 1 unspecified atom stereocenters. The monoisotopic (exact) mass is 180 g/mol. The van der Waals surface area contributed by atoms with Crippen molar-refractivity contribution in [3.8, 4) is 0 Å². The highest BCUT2D eigenvalue weighted by Crippen LogP contribution is 2.48. The van der Waals surface area contributed by atoms with Crippen LogP contribution >= 0.6 is 0 Å². The van der Waals surface area contributed by atoms with Crippen LogP contribution in [-0.2, 0) is 6.42 Å². The van der Waals surface area contributed by atoms with Gasteiger partial charge in [0.1, 0.15) is 0 Å². The highest BCUT2D eigenvalue weighted by Gasteiger charge is 2.44. The molecule has 0 aromatic carbocycles. The maximum absolute atomic E-state index is 5.53. The van der Waals surface area contributed by atoms with Crippen LogP contribution in [0.15, 0.2) is 23.0 Å². The van der Waals surface area contributed by atoms with Gasteiger partial charge in [-0.05, 0) is 36.3 Å². The van der Waals surface area contributed by atoms with Crippen LogP contribution in [0.5, 0.6) is 0 Å². The predicted molar refractivity (Wildman–Crippen MR) is 50.9 cm³/mol. The van der Waals surface area contributed by atoms with Gasteiger partial charge in [-0.25, -0.2) is 0 Å². The molecule has 0 bridgehead atoms. The molecule has 13 heavy (non-hydrogen) atoms. The van der Waals surface area contributed by atoms with Crippen molar-refractivity contribution in [2.45, 2.75) is 32.2 Å². The lowest BCUT2D eigenvalue weighted by molar-refractivity contribution is 0.358. The lowest BCUT2D eigenvalue weighted by atomic mass is 9.94. The van der Waals surface area contributed by atoms with Gasteiger partial charge in [0, 0.05) is 6.04 Å². The maximum atomic E-state index is 5.53. The molecule has 3 nitrogen and oxygen atoms in total. The third-order valence-corrected chi connectivity index (χ3v) is 3.10. The summed E-state index contributed by atoms with van der Waals surface area (Å²) in [6.07, 6.45) is 7.01. The zero-order chi connectivity index (χ0) is 9.31. The van der Waals surface area contributed by atoms with E-state index in [9.17, 15) is 0 Å². The molecule has 1 fully saturated rings. The van der Waals surface area contributed by atoms with Gasteiger partial charge < -0.3 is 4.42 Å². The Balaban J connectivity index is 1.99. The van der Waals surface area contributed by atoms with E-state index in [0.29, 0.717) is 11.5 Å². The molecule has 1 saturated carbocycles. The van der Waals surface area contributed by atoms with E-state index in [1.807, 2.05) is 6.07 Å². The first-order valence-corrected chi connectivity index (χ1v) is 4.72. The molecule has 0 saturated heterocycles. The van der Waals surface area contributed by atoms with E-state index in [4.69, 9.17) is 10.3 Å². The van der Waals surface area contributed by atoms with E-state index in [1.165, 1.54) is 18.4 Å². The van der Waals surface area contributed by atoms with E-state index >= 15 is 0 Å². The summed E-state index contributed by atoms with van der Waals surface area (Å²) in [5.41, 5.74) is 4.53. The van der Waals surface area contributed by atoms with E-state index < -0.39 is 0 Å². The number of hydrogen-bond acceptors (Lipinski definition) is 3. The van der Waals surface area contributed by atoms with Crippen LogP contribution in [0.3, 0.4) is 0 Å². The number of nitrogens with two attached hydrogens (primary N) is 1. The van der Waals surface area contributed by atoms with Crippen LogP contribution in [0.4, 0.5) is 0 Å². The SMILES string of the molecule is CC1(C(Cc2ccoc2)NN)CC1. The molecular formula is C10H16N2O. The lowest BCUT2D eigenvalue weighted by Crippen LogP contribution is -2.42. The van der Waals surface area contributed by atoms with Gasteiger partial charge in [0.2, 0.25) is 0 Å². The van der Waals surface area contributed by atoms with Gasteiger partial charge in [-0.2, -0.15) is 0 Å². The summed E-state index contributed by atoms with van der Waals surface area (Å²) in [4.78, 5) is 0. The predicted octanol–water partition coefficient (Wildman–Crippen LogP) is 1.45. The zero-order valence-electron chi connectivity index (χ0n) is 7.92. The van der Waals surface area contributed by atoms with E-state index in [1.54, 1.807) is 12.5 Å². The summed E-state index contributed by atoms with van der Waals surface area (Å²) < 4.78 is 5.02. The Morgan fingerprint density at radius 2 is 2.46 bits per heavy atom. The third-order valence-electron chi connectivity index (χ3n) is 3.10. The fourth-order valence-corrected chi connectivity index (χ4v) is 1.70. The molecular weight excluding hydrogens is 164 g/mol. The average Bonchev–Trinajstić information content (AvgIpc) is 2.70. The first kappa shape index (κ1) is 8.78. The Hall–Kier alpha value is -0.800. The number of hydrazine groups is 1. The van der Waals surface area contributed by atoms with Crippen molar-refractivity contribution in [3.63, 3.8) is 0 Å². The smallest absolute Gasteiger partial charge is 0.0935 e. The second-order valence-electron chi connectivity index (χ2n) is 4.21. The van der Waals surface area contributed by atoms with E-state index in [2.05, 4.69) is 12.3 Å². The largest absolute Gasteiger partial charge is 0.472 e. The van der Waals surface area contributed by atoms with Crippen molar-refractivity contribution in [2.75, 3.05) is 0 Å². The van der Waals surface area contributed by atoms with Crippen molar-refractivity contribution >= 4 is 0 Å². The van der Waals surface area contributed by atoms with Crippen LogP contribution in [0.1, 0.15) is 25.3 Å². The first-order valence-electron chi connectivity index (χ1n) is 4.72. The molecule has 2 rings (SSSR count). The van der Waals surface area contributed by atoms with E-state index in [0.717, 1.165) is 6.42 Å². The van der Waals surface area contributed by atoms with Gasteiger partial charge in [0.15, 0.2) is 0 Å². The molecule has 0 amide bonds. The number of nitrogens with one attached hydrogen (secondary N) is 1. The first-order chi connectivity index (χ1) is 6.24. The minimum absolute atomic E-state index is 0.380. The molecule has 1 aliphatic carbocycles. The molecule has 0 spiro atoms. The zero-order valence-corrected chi connectivity index (χ0v) is 7.92. The normalized spacial score (nSPS) is 21.4. The van der Waals surface area contributed by atoms with Crippen LogP contribution < -0.4 is 11.3 Å². The van der Waals surface area contributed by atoms with Gasteiger partial charge in [0.05, 0.1) is 12.5 Å². The summed E-state index contributed by atoms with van der Waals surface area (Å²) in [5, 5.41) is 0. The average molecular weight is 180 g/mol. The molecule has 0 radical (unpaired) electrons. The third kappa shape index (κ3) is 1.76. The molecule has 1 heterocycles. The van der Waals surface area contributed by atoms with Crippen LogP contribution in [0.25, 0.3) is 0 Å². The van der Waals surface area contributed by atoms with Crippen molar-refractivity contribution in [1.82, 2.24) is 5.43 Å². The molecule has 3 N–H and O–H groups in total. The fraction of sp³-hybridized carbons (Fsp3) is 0.600. The maximum Gasteiger partial charge on any atom is 0.0935 e. The second-order valence-corrected chi connectivity index (χ2v) is 4.21. The Bertz CT molecular complexity index is 264. The highest BCUT2D eigenvalue weighted by molar-refractivity contribution is 5.11. The summed E-state index contributed by atoms with van der Waals surface area (Å²) in [5.74, 6) is 5.53. The topological polar surface area (TPSA) is 51.2 Å². The van der Waals surface area contributed by atoms with Gasteiger partial charge >= 0.3 is 0 Å². The second kappa shape index (κ2) is 3.16. The number of rotatable bonds is 4. The minimum Gasteiger partial charge on any atom is -0.472 e. The van der Waals surface area contributed by atoms with Crippen molar-refractivity contribution < 1.29 is 4.42 Å². The van der Waals surface area contributed by atoms with Gasteiger partial charge in [-0.15, -0.1) is 0 Å². The Labute approximate surface area is 78.3 Å². The van der Waals surface area contributed by atoms with Crippen LogP contribution in [-0.4, -0.2) is 6.04 Å². The summed E-state index contributed by atoms with van der Waals surface area (Å²) in [6.45, 7) is 2.28. The van der Waals surface area contributed by atoms with Gasteiger partial charge in [-0.1, -0.05) is 6.92 Å². The molecule has 72 valence electrons. The van der Waals surface area contributed by atoms with Gasteiger partial charge in [-0.3, -0.25) is 11.3 Å². The van der Waals surface area contributed by atoms with Crippen LogP contribution in [0, 0.1) is 5.41 Å². The lowest BCUT2D eigenvalue weighted by Gasteiger charge is -2.21. The Kier molecular flexibility index (Phi) is 2.14. The number of hydrogen-bond donors (Lipinski definition) is 2. The fourth-order valence-electron chi connectivity index (χ4n) is 1.70. The molecule has 1 aromatic rings. The molecule has 3 heteroatoms. The van der Waals surface area contributed by atoms with Crippen LogP contribution in [0.2, 0.25) is 0 Å². The standard InChI is InChI=1S/C10H16N2O/c1-10(3-4-10)9(12-11)6-8-2-5-13-7-8/h2,5,7,9,12H,3-4,6,11H2,1H3. The Morgan fingerprint density at radius 3 is 2.92 bits per heavy atom. The quantitative estimate of drug-likeness (QED) is 0.544. The summed E-state index contributed by atoms with van der Waals surface area (Å²) >= 11 is 0. The molecule has 1 aliphatic rings. The Morgan fingerprint density at radius 1 is 1.69 bits per heavy atom. The highest BCUT2D eigenvalue weighted by atomic mass is 16.3. The molecule has 1 atom stereocenters. The van der Waals surface area contributed by atoms with E-state index in [-0.39, 0.29) is 0 Å². The van der Waals surface area contributed by atoms with Crippen molar-refractivity contribution in [1.29, 1.82) is 0 Å². The van der Waals surface area contributed by atoms with Crippen molar-refractivity contribution in [2.24, 2.45) is 11.3 Å². The molecule has 1 aromatic heterocycles. The van der Waals surface area contributed by atoms with Gasteiger partial charge in [0.25, 0.3) is 0 Å². The minimum atomic E-state index is 0.380. The summed E-state index contributed by atoms with van der Waals surface area (Å²) in [7, 11) is 0. The molecule has 0 aliphatic heterocycles. The number of furan rings is 1. The summed E-state index contributed by atoms with van der Waals surface area (Å²) in [6, 6.07) is 2.38. The van der Waals surface area contributed by atoms with Crippen molar-refractivity contribution in [3.05, 3.63) is 24.2 Å².